The average molecular weight is 369 g/mol. The van der Waals surface area contributed by atoms with Gasteiger partial charge in [0.1, 0.15) is 0 Å². The molecule has 1 N–H and O–H groups in total. The zero-order valence-electron chi connectivity index (χ0n) is 15.7. The molecular weight excluding hydrogens is 346 g/mol. The molecule has 0 spiro atoms. The van der Waals surface area contributed by atoms with Gasteiger partial charge in [0.25, 0.3) is 0 Å². The van der Waals surface area contributed by atoms with Crippen LogP contribution in [0.15, 0.2) is 41.5 Å². The summed E-state index contributed by atoms with van der Waals surface area (Å²) < 4.78 is 5.38. The first-order valence-corrected chi connectivity index (χ1v) is 8.70. The lowest BCUT2D eigenvalue weighted by atomic mass is 10.0. The first-order valence-electron chi connectivity index (χ1n) is 8.70. The molecule has 2 aromatic carbocycles. The summed E-state index contributed by atoms with van der Waals surface area (Å²) in [6.07, 6.45) is 2.34. The highest BCUT2D eigenvalue weighted by atomic mass is 16.6. The Hall–Kier alpha value is -3.22. The minimum absolute atomic E-state index is 0.131. The average Bonchev–Trinajstić information content (AvgIpc) is 2.62. The molecule has 0 saturated carbocycles. The Bertz CT molecular complexity index is 862. The number of hydrazone groups is 1. The van der Waals surface area contributed by atoms with Crippen molar-refractivity contribution in [3.05, 3.63) is 68.8 Å². The number of nitrogens with zero attached hydrogens (tertiary/aromatic N) is 2. The third-order valence-electron chi connectivity index (χ3n) is 3.89. The second-order valence-electron chi connectivity index (χ2n) is 6.23. The molecule has 7 heteroatoms. The summed E-state index contributed by atoms with van der Waals surface area (Å²) in [5.41, 5.74) is 5.94. The summed E-state index contributed by atoms with van der Waals surface area (Å²) in [7, 11) is 0. The Morgan fingerprint density at radius 3 is 2.70 bits per heavy atom. The van der Waals surface area contributed by atoms with Crippen molar-refractivity contribution < 1.29 is 14.5 Å². The van der Waals surface area contributed by atoms with Gasteiger partial charge in [-0.2, -0.15) is 5.10 Å². The molecule has 0 aliphatic heterocycles. The van der Waals surface area contributed by atoms with Crippen LogP contribution in [0.2, 0.25) is 0 Å². The molecule has 142 valence electrons. The smallest absolute Gasteiger partial charge is 0.311 e. The van der Waals surface area contributed by atoms with Crippen LogP contribution in [0.3, 0.4) is 0 Å². The van der Waals surface area contributed by atoms with Gasteiger partial charge in [-0.15, -0.1) is 0 Å². The quantitative estimate of drug-likeness (QED) is 0.436. The van der Waals surface area contributed by atoms with Crippen LogP contribution in [0, 0.1) is 24.0 Å². The van der Waals surface area contributed by atoms with E-state index in [1.165, 1.54) is 18.3 Å². The minimum Gasteiger partial charge on any atom is -0.487 e. The molecular formula is C20H23N3O4. The maximum Gasteiger partial charge on any atom is 0.311 e. The molecule has 0 aliphatic carbocycles. The van der Waals surface area contributed by atoms with Gasteiger partial charge in [0.05, 0.1) is 24.2 Å². The number of nitro groups is 1. The van der Waals surface area contributed by atoms with Crippen molar-refractivity contribution in [2.45, 2.75) is 33.6 Å². The van der Waals surface area contributed by atoms with Crippen LogP contribution in [0.5, 0.6) is 5.75 Å². The summed E-state index contributed by atoms with van der Waals surface area (Å²) >= 11 is 0. The van der Waals surface area contributed by atoms with E-state index in [1.54, 1.807) is 6.07 Å². The topological polar surface area (TPSA) is 93.8 Å². The Balaban J connectivity index is 2.01. The molecule has 27 heavy (non-hydrogen) atoms. The molecule has 0 radical (unpaired) electrons. The molecule has 0 aliphatic rings. The van der Waals surface area contributed by atoms with Crippen LogP contribution in [0.4, 0.5) is 5.69 Å². The standard InChI is InChI=1S/C20H23N3O4/c1-4-9-27-19-8-6-16(11-18(19)23(25)26)13-21-22-20(24)12-17-7-5-14(2)10-15(17)3/h5-8,10-11,13H,4,9,12H2,1-3H3,(H,22,24)/b21-13-. The maximum absolute atomic E-state index is 12.0. The molecule has 0 heterocycles. The molecule has 1 amide bonds. The lowest BCUT2D eigenvalue weighted by Crippen LogP contribution is -2.20. The van der Waals surface area contributed by atoms with Gasteiger partial charge in [-0.25, -0.2) is 5.43 Å². The largest absolute Gasteiger partial charge is 0.487 e. The van der Waals surface area contributed by atoms with Gasteiger partial charge in [-0.05, 0) is 43.5 Å². The van der Waals surface area contributed by atoms with E-state index in [0.29, 0.717) is 12.2 Å². The van der Waals surface area contributed by atoms with E-state index < -0.39 is 4.92 Å². The normalized spacial score (nSPS) is 10.8. The van der Waals surface area contributed by atoms with Crippen molar-refractivity contribution in [1.82, 2.24) is 5.43 Å². The second kappa shape index (κ2) is 9.47. The Labute approximate surface area is 158 Å². The van der Waals surface area contributed by atoms with Crippen molar-refractivity contribution >= 4 is 17.8 Å². The third kappa shape index (κ3) is 5.91. The van der Waals surface area contributed by atoms with Crippen LogP contribution in [0.25, 0.3) is 0 Å². The fourth-order valence-corrected chi connectivity index (χ4v) is 2.53. The lowest BCUT2D eigenvalue weighted by molar-refractivity contribution is -0.385. The summed E-state index contributed by atoms with van der Waals surface area (Å²) in [6, 6.07) is 10.5. The number of benzene rings is 2. The zero-order valence-corrected chi connectivity index (χ0v) is 15.7. The number of nitrogens with one attached hydrogen (secondary N) is 1. The van der Waals surface area contributed by atoms with Crippen LogP contribution >= 0.6 is 0 Å². The van der Waals surface area contributed by atoms with E-state index in [0.717, 1.165) is 23.1 Å². The van der Waals surface area contributed by atoms with Crippen molar-refractivity contribution in [3.8, 4) is 5.75 Å². The van der Waals surface area contributed by atoms with E-state index in [9.17, 15) is 14.9 Å². The number of rotatable bonds is 8. The highest BCUT2D eigenvalue weighted by molar-refractivity contribution is 5.84. The van der Waals surface area contributed by atoms with Crippen LogP contribution in [0.1, 0.15) is 35.6 Å². The molecule has 0 saturated heterocycles. The number of hydrogen-bond acceptors (Lipinski definition) is 5. The van der Waals surface area contributed by atoms with E-state index >= 15 is 0 Å². The summed E-state index contributed by atoms with van der Waals surface area (Å²) in [6.45, 7) is 6.29. The van der Waals surface area contributed by atoms with Gasteiger partial charge in [0, 0.05) is 11.6 Å². The molecule has 2 aromatic rings. The third-order valence-corrected chi connectivity index (χ3v) is 3.89. The predicted octanol–water partition coefficient (Wildman–Crippen LogP) is 3.69. The van der Waals surface area contributed by atoms with Crippen LogP contribution < -0.4 is 10.2 Å². The van der Waals surface area contributed by atoms with Crippen molar-refractivity contribution in [1.29, 1.82) is 0 Å². The molecule has 7 nitrogen and oxygen atoms in total. The van der Waals surface area contributed by atoms with E-state index in [4.69, 9.17) is 4.74 Å². The fraction of sp³-hybridized carbons (Fsp3) is 0.300. The van der Waals surface area contributed by atoms with Gasteiger partial charge >= 0.3 is 5.69 Å². The van der Waals surface area contributed by atoms with Crippen LogP contribution in [-0.2, 0) is 11.2 Å². The van der Waals surface area contributed by atoms with Gasteiger partial charge in [-0.1, -0.05) is 30.7 Å². The van der Waals surface area contributed by atoms with Crippen molar-refractivity contribution in [2.24, 2.45) is 5.10 Å². The number of carbonyl (C=O) groups excluding carboxylic acids is 1. The number of hydrogen-bond donors (Lipinski definition) is 1. The minimum atomic E-state index is -0.499. The number of carbonyl (C=O) groups is 1. The second-order valence-corrected chi connectivity index (χ2v) is 6.23. The Morgan fingerprint density at radius 2 is 2.04 bits per heavy atom. The Kier molecular flexibility index (Phi) is 7.05. The Morgan fingerprint density at radius 1 is 1.26 bits per heavy atom. The summed E-state index contributed by atoms with van der Waals surface area (Å²) in [5.74, 6) is -0.0338. The van der Waals surface area contributed by atoms with E-state index in [2.05, 4.69) is 10.5 Å². The first-order chi connectivity index (χ1) is 12.9. The molecule has 0 aromatic heterocycles. The number of nitro benzene ring substituents is 1. The first kappa shape index (κ1) is 20.1. The van der Waals surface area contributed by atoms with Gasteiger partial charge in [0.2, 0.25) is 5.91 Å². The molecule has 0 unspecified atom stereocenters. The lowest BCUT2D eigenvalue weighted by Gasteiger charge is -2.06. The zero-order chi connectivity index (χ0) is 19.8. The fourth-order valence-electron chi connectivity index (χ4n) is 2.53. The highest BCUT2D eigenvalue weighted by Crippen LogP contribution is 2.27. The van der Waals surface area contributed by atoms with Crippen molar-refractivity contribution in [3.63, 3.8) is 0 Å². The number of aryl methyl sites for hydroxylation is 2. The SMILES string of the molecule is CCCOc1ccc(/C=N\NC(=O)Cc2ccc(C)cc2C)cc1[N+](=O)[O-]. The van der Waals surface area contributed by atoms with Gasteiger partial charge in [-0.3, -0.25) is 14.9 Å². The molecule has 2 rings (SSSR count). The molecule has 0 bridgehead atoms. The van der Waals surface area contributed by atoms with Crippen molar-refractivity contribution in [2.75, 3.05) is 6.61 Å². The van der Waals surface area contributed by atoms with E-state index in [1.807, 2.05) is 39.0 Å². The monoisotopic (exact) mass is 369 g/mol. The number of ether oxygens (including phenoxy) is 1. The highest BCUT2D eigenvalue weighted by Gasteiger charge is 2.15. The molecule has 0 fully saturated rings. The van der Waals surface area contributed by atoms with E-state index in [-0.39, 0.29) is 23.8 Å². The van der Waals surface area contributed by atoms with Gasteiger partial charge in [0.15, 0.2) is 5.75 Å². The summed E-state index contributed by atoms with van der Waals surface area (Å²) in [4.78, 5) is 22.7. The predicted molar refractivity (Wildman–Crippen MR) is 104 cm³/mol. The maximum atomic E-state index is 12.0. The van der Waals surface area contributed by atoms with Crippen LogP contribution in [-0.4, -0.2) is 23.7 Å². The summed E-state index contributed by atoms with van der Waals surface area (Å²) in [5, 5.41) is 15.1. The van der Waals surface area contributed by atoms with Gasteiger partial charge < -0.3 is 4.74 Å². The molecule has 0 atom stereocenters. The number of amides is 1.